The van der Waals surface area contributed by atoms with E-state index in [1.165, 1.54) is 4.88 Å². The zero-order chi connectivity index (χ0) is 13.4. The Morgan fingerprint density at radius 3 is 2.89 bits per heavy atom. The predicted molar refractivity (Wildman–Crippen MR) is 79.6 cm³/mol. The van der Waals surface area contributed by atoms with E-state index in [0.29, 0.717) is 0 Å². The zero-order valence-electron chi connectivity index (χ0n) is 11.3. The van der Waals surface area contributed by atoms with Crippen molar-refractivity contribution in [2.75, 3.05) is 5.32 Å². The van der Waals surface area contributed by atoms with Crippen molar-refractivity contribution in [1.82, 2.24) is 14.5 Å². The van der Waals surface area contributed by atoms with Crippen molar-refractivity contribution in [3.05, 3.63) is 40.1 Å². The van der Waals surface area contributed by atoms with Gasteiger partial charge in [0.1, 0.15) is 5.82 Å². The van der Waals surface area contributed by atoms with Crippen LogP contribution >= 0.6 is 11.3 Å². The lowest BCUT2D eigenvalue weighted by Gasteiger charge is -2.05. The summed E-state index contributed by atoms with van der Waals surface area (Å²) in [5, 5.41) is 3.43. The number of hydrogen-bond donors (Lipinski definition) is 1. The Hall–Kier alpha value is -1.88. The fourth-order valence-electron chi connectivity index (χ4n) is 2.11. The highest BCUT2D eigenvalue weighted by Crippen LogP contribution is 2.21. The molecule has 0 aliphatic heterocycles. The number of nitrogens with zero attached hydrogens (tertiary/aromatic N) is 3. The van der Waals surface area contributed by atoms with Gasteiger partial charge in [-0.15, -0.1) is 11.3 Å². The second-order valence-corrected chi connectivity index (χ2v) is 5.58. The Labute approximate surface area is 116 Å². The number of aryl methyl sites for hydroxylation is 3. The third-order valence-electron chi connectivity index (χ3n) is 3.40. The molecule has 1 aromatic carbocycles. The summed E-state index contributed by atoms with van der Waals surface area (Å²) >= 11 is 1.69. The summed E-state index contributed by atoms with van der Waals surface area (Å²) in [6.07, 6.45) is 0. The molecule has 0 fully saturated rings. The van der Waals surface area contributed by atoms with Gasteiger partial charge in [-0.25, -0.2) is 9.97 Å². The van der Waals surface area contributed by atoms with Gasteiger partial charge in [-0.2, -0.15) is 0 Å². The van der Waals surface area contributed by atoms with Gasteiger partial charge in [-0.05, 0) is 32.0 Å². The fourth-order valence-corrected chi connectivity index (χ4v) is 2.83. The van der Waals surface area contributed by atoms with Crippen LogP contribution in [0, 0.1) is 13.8 Å². The maximum atomic E-state index is 4.55. The molecular formula is C14H16N4S. The van der Waals surface area contributed by atoms with Crippen LogP contribution in [0.15, 0.2) is 23.7 Å². The van der Waals surface area contributed by atoms with E-state index in [-0.39, 0.29) is 0 Å². The van der Waals surface area contributed by atoms with Crippen molar-refractivity contribution in [1.29, 1.82) is 0 Å². The maximum Gasteiger partial charge on any atom is 0.106 e. The predicted octanol–water partition coefficient (Wildman–Crippen LogP) is 3.26. The van der Waals surface area contributed by atoms with Crippen LogP contribution in [-0.4, -0.2) is 14.5 Å². The first-order chi connectivity index (χ1) is 9.15. The Bertz CT molecular complexity index is 726. The van der Waals surface area contributed by atoms with E-state index in [4.69, 9.17) is 0 Å². The molecule has 2 heterocycles. The van der Waals surface area contributed by atoms with Gasteiger partial charge in [0.2, 0.25) is 0 Å². The molecule has 5 heteroatoms. The standard InChI is InChI=1S/C14H16N4S/c1-9-14(19-8-16-9)7-15-11-4-5-13-12(6-11)17-10(2)18(13)3/h4-6,8,15H,7H2,1-3H3. The summed E-state index contributed by atoms with van der Waals surface area (Å²) in [6, 6.07) is 6.30. The molecule has 0 saturated heterocycles. The molecule has 0 spiro atoms. The maximum absolute atomic E-state index is 4.55. The minimum absolute atomic E-state index is 0.813. The molecule has 0 aliphatic rings. The smallest absolute Gasteiger partial charge is 0.106 e. The van der Waals surface area contributed by atoms with Gasteiger partial charge in [0, 0.05) is 17.6 Å². The minimum atomic E-state index is 0.813. The van der Waals surface area contributed by atoms with Crippen LogP contribution in [0.1, 0.15) is 16.4 Å². The average Bonchev–Trinajstić information content (AvgIpc) is 2.92. The molecule has 0 aliphatic carbocycles. The van der Waals surface area contributed by atoms with E-state index < -0.39 is 0 Å². The van der Waals surface area contributed by atoms with Gasteiger partial charge < -0.3 is 9.88 Å². The van der Waals surface area contributed by atoms with E-state index in [9.17, 15) is 0 Å². The van der Waals surface area contributed by atoms with Crippen LogP contribution in [0.3, 0.4) is 0 Å². The number of benzene rings is 1. The van der Waals surface area contributed by atoms with Gasteiger partial charge in [-0.3, -0.25) is 0 Å². The summed E-state index contributed by atoms with van der Waals surface area (Å²) < 4.78 is 2.10. The van der Waals surface area contributed by atoms with E-state index in [2.05, 4.69) is 38.1 Å². The van der Waals surface area contributed by atoms with E-state index in [1.54, 1.807) is 11.3 Å². The molecule has 1 N–H and O–H groups in total. The van der Waals surface area contributed by atoms with Crippen LogP contribution in [0.25, 0.3) is 11.0 Å². The van der Waals surface area contributed by atoms with Crippen molar-refractivity contribution in [3.8, 4) is 0 Å². The Kier molecular flexibility index (Phi) is 2.98. The van der Waals surface area contributed by atoms with Gasteiger partial charge in [0.15, 0.2) is 0 Å². The Morgan fingerprint density at radius 1 is 1.32 bits per heavy atom. The lowest BCUT2D eigenvalue weighted by Crippen LogP contribution is -1.99. The number of anilines is 1. The van der Waals surface area contributed by atoms with Crippen molar-refractivity contribution in [2.45, 2.75) is 20.4 Å². The first-order valence-corrected chi connectivity index (χ1v) is 7.09. The van der Waals surface area contributed by atoms with Crippen molar-refractivity contribution < 1.29 is 0 Å². The first-order valence-electron chi connectivity index (χ1n) is 6.21. The second kappa shape index (κ2) is 4.66. The highest BCUT2D eigenvalue weighted by atomic mass is 32.1. The van der Waals surface area contributed by atoms with Crippen LogP contribution in [0.2, 0.25) is 0 Å². The number of aromatic nitrogens is 3. The van der Waals surface area contributed by atoms with E-state index in [1.807, 2.05) is 26.4 Å². The van der Waals surface area contributed by atoms with Gasteiger partial charge >= 0.3 is 0 Å². The third-order valence-corrected chi connectivity index (χ3v) is 4.34. The number of imidazole rings is 1. The average molecular weight is 272 g/mol. The van der Waals surface area contributed by atoms with Gasteiger partial charge in [0.05, 0.1) is 28.8 Å². The molecule has 3 rings (SSSR count). The lowest BCUT2D eigenvalue weighted by atomic mass is 10.2. The number of hydrogen-bond acceptors (Lipinski definition) is 4. The molecule has 0 amide bonds. The van der Waals surface area contributed by atoms with Gasteiger partial charge in [0.25, 0.3) is 0 Å². The first kappa shape index (κ1) is 12.2. The van der Waals surface area contributed by atoms with Crippen molar-refractivity contribution >= 4 is 28.1 Å². The highest BCUT2D eigenvalue weighted by molar-refractivity contribution is 7.09. The number of rotatable bonds is 3. The minimum Gasteiger partial charge on any atom is -0.380 e. The molecular weight excluding hydrogens is 256 g/mol. The second-order valence-electron chi connectivity index (χ2n) is 4.64. The van der Waals surface area contributed by atoms with Crippen LogP contribution in [0.5, 0.6) is 0 Å². The quantitative estimate of drug-likeness (QED) is 0.796. The molecule has 0 radical (unpaired) electrons. The summed E-state index contributed by atoms with van der Waals surface area (Å²) in [7, 11) is 2.04. The SMILES string of the molecule is Cc1ncsc1CNc1ccc2c(c1)nc(C)n2C. The summed E-state index contributed by atoms with van der Waals surface area (Å²) in [5.74, 6) is 1.03. The highest BCUT2D eigenvalue weighted by Gasteiger charge is 2.05. The molecule has 98 valence electrons. The van der Waals surface area contributed by atoms with Crippen LogP contribution < -0.4 is 5.32 Å². The van der Waals surface area contributed by atoms with Crippen LogP contribution in [-0.2, 0) is 13.6 Å². The molecule has 4 nitrogen and oxygen atoms in total. The number of nitrogens with one attached hydrogen (secondary N) is 1. The molecule has 0 unspecified atom stereocenters. The zero-order valence-corrected chi connectivity index (χ0v) is 12.1. The number of thiazole rings is 1. The molecule has 2 aromatic heterocycles. The third kappa shape index (κ3) is 2.21. The summed E-state index contributed by atoms with van der Waals surface area (Å²) in [6.45, 7) is 4.88. The largest absolute Gasteiger partial charge is 0.380 e. The molecule has 3 aromatic rings. The monoisotopic (exact) mass is 272 g/mol. The van der Waals surface area contributed by atoms with Crippen molar-refractivity contribution in [2.24, 2.45) is 7.05 Å². The summed E-state index contributed by atoms with van der Waals surface area (Å²) in [4.78, 5) is 10.1. The fraction of sp³-hybridized carbons (Fsp3) is 0.286. The molecule has 0 saturated carbocycles. The number of fused-ring (bicyclic) bond motifs is 1. The van der Waals surface area contributed by atoms with E-state index in [0.717, 1.165) is 34.8 Å². The Morgan fingerprint density at radius 2 is 2.16 bits per heavy atom. The normalized spacial score (nSPS) is 11.1. The van der Waals surface area contributed by atoms with Gasteiger partial charge in [-0.1, -0.05) is 0 Å². The van der Waals surface area contributed by atoms with Crippen LogP contribution in [0.4, 0.5) is 5.69 Å². The summed E-state index contributed by atoms with van der Waals surface area (Å²) in [5.41, 5.74) is 6.28. The Balaban J connectivity index is 1.84. The lowest BCUT2D eigenvalue weighted by molar-refractivity contribution is 0.886. The van der Waals surface area contributed by atoms with E-state index >= 15 is 0 Å². The molecule has 0 atom stereocenters. The topological polar surface area (TPSA) is 42.7 Å². The van der Waals surface area contributed by atoms with Crippen molar-refractivity contribution in [3.63, 3.8) is 0 Å². The molecule has 19 heavy (non-hydrogen) atoms. The molecule has 0 bridgehead atoms.